The Labute approximate surface area is 97.1 Å². The minimum Gasteiger partial charge on any atom is -0.508 e. The molecule has 0 aliphatic carbocycles. The lowest BCUT2D eigenvalue weighted by Gasteiger charge is -2.13. The number of carbonyl (C=O) groups is 1. The zero-order chi connectivity index (χ0) is 13.4. The maximum atomic E-state index is 12.3. The maximum Gasteiger partial charge on any atom is 0.454 e. The van der Waals surface area contributed by atoms with Crippen molar-refractivity contribution in [1.29, 1.82) is 0 Å². The van der Waals surface area contributed by atoms with E-state index < -0.39 is 17.5 Å². The second-order valence-electron chi connectivity index (χ2n) is 4.19. The molecule has 0 fully saturated rings. The van der Waals surface area contributed by atoms with Gasteiger partial charge in [-0.25, -0.2) is 0 Å². The van der Waals surface area contributed by atoms with Crippen molar-refractivity contribution in [2.75, 3.05) is 0 Å². The average molecular weight is 246 g/mol. The van der Waals surface area contributed by atoms with Crippen molar-refractivity contribution in [1.82, 2.24) is 0 Å². The molecular weight excluding hydrogens is 233 g/mol. The summed E-state index contributed by atoms with van der Waals surface area (Å²) in [6, 6.07) is 2.57. The number of halogens is 3. The molecular formula is C12H13F3O2. The summed E-state index contributed by atoms with van der Waals surface area (Å²) in [5, 5.41) is 9.52. The number of rotatable bonds is 2. The van der Waals surface area contributed by atoms with Crippen LogP contribution in [0, 0.1) is 6.92 Å². The van der Waals surface area contributed by atoms with Gasteiger partial charge in [-0.05, 0) is 30.5 Å². The van der Waals surface area contributed by atoms with E-state index in [-0.39, 0.29) is 17.2 Å². The summed E-state index contributed by atoms with van der Waals surface area (Å²) in [7, 11) is 0. The Morgan fingerprint density at radius 2 is 1.82 bits per heavy atom. The summed E-state index contributed by atoms with van der Waals surface area (Å²) >= 11 is 0. The van der Waals surface area contributed by atoms with E-state index in [2.05, 4.69) is 0 Å². The van der Waals surface area contributed by atoms with Gasteiger partial charge in [-0.2, -0.15) is 13.2 Å². The van der Waals surface area contributed by atoms with Gasteiger partial charge in [0.1, 0.15) is 5.75 Å². The minimum absolute atomic E-state index is 0.0447. The van der Waals surface area contributed by atoms with Crippen LogP contribution in [-0.2, 0) is 0 Å². The van der Waals surface area contributed by atoms with Gasteiger partial charge in [0.15, 0.2) is 0 Å². The molecule has 0 radical (unpaired) electrons. The molecule has 0 bridgehead atoms. The highest BCUT2D eigenvalue weighted by atomic mass is 19.4. The number of Topliss-reactive ketones (excluding diaryl/α,β-unsaturated/α-hetero) is 1. The van der Waals surface area contributed by atoms with E-state index in [0.717, 1.165) is 0 Å². The van der Waals surface area contributed by atoms with Gasteiger partial charge in [-0.15, -0.1) is 0 Å². The molecule has 5 heteroatoms. The van der Waals surface area contributed by atoms with Crippen molar-refractivity contribution in [3.63, 3.8) is 0 Å². The summed E-state index contributed by atoms with van der Waals surface area (Å²) < 4.78 is 37.0. The van der Waals surface area contributed by atoms with E-state index in [1.807, 2.05) is 0 Å². The van der Waals surface area contributed by atoms with E-state index in [1.165, 1.54) is 19.1 Å². The van der Waals surface area contributed by atoms with Gasteiger partial charge in [0.25, 0.3) is 5.78 Å². The molecule has 0 aliphatic rings. The Bertz CT molecular complexity index is 448. The van der Waals surface area contributed by atoms with Crippen LogP contribution in [0.5, 0.6) is 5.75 Å². The molecule has 0 amide bonds. The molecule has 1 N–H and O–H groups in total. The zero-order valence-electron chi connectivity index (χ0n) is 9.72. The Morgan fingerprint density at radius 3 is 2.24 bits per heavy atom. The lowest BCUT2D eigenvalue weighted by Crippen LogP contribution is -2.23. The van der Waals surface area contributed by atoms with Crippen LogP contribution in [0.4, 0.5) is 13.2 Å². The number of aromatic hydroxyl groups is 1. The summed E-state index contributed by atoms with van der Waals surface area (Å²) in [6.07, 6.45) is -4.92. The Kier molecular flexibility index (Phi) is 3.50. The first-order chi connectivity index (χ1) is 7.64. The third kappa shape index (κ3) is 2.78. The molecule has 0 aliphatic heterocycles. The second kappa shape index (κ2) is 4.39. The first kappa shape index (κ1) is 13.5. The molecule has 0 heterocycles. The molecule has 0 saturated carbocycles. The van der Waals surface area contributed by atoms with Crippen molar-refractivity contribution in [3.05, 3.63) is 28.8 Å². The Hall–Kier alpha value is -1.52. The van der Waals surface area contributed by atoms with Gasteiger partial charge >= 0.3 is 6.18 Å². The third-order valence-corrected chi connectivity index (χ3v) is 2.57. The predicted octanol–water partition coefficient (Wildman–Crippen LogP) is 3.57. The number of alkyl halides is 3. The number of benzene rings is 1. The lowest BCUT2D eigenvalue weighted by atomic mass is 9.95. The molecule has 1 aromatic carbocycles. The summed E-state index contributed by atoms with van der Waals surface area (Å²) in [5.41, 5.74) is -0.0291. The Morgan fingerprint density at radius 1 is 1.29 bits per heavy atom. The van der Waals surface area contributed by atoms with Crippen LogP contribution in [-0.4, -0.2) is 17.1 Å². The number of phenols is 1. The van der Waals surface area contributed by atoms with Gasteiger partial charge in [-0.3, -0.25) is 4.79 Å². The quantitative estimate of drug-likeness (QED) is 0.810. The fraction of sp³-hybridized carbons (Fsp3) is 0.417. The highest BCUT2D eigenvalue weighted by Gasteiger charge is 2.40. The van der Waals surface area contributed by atoms with Gasteiger partial charge in [0.2, 0.25) is 0 Å². The van der Waals surface area contributed by atoms with Crippen LogP contribution in [0.15, 0.2) is 12.1 Å². The molecule has 0 aromatic heterocycles. The van der Waals surface area contributed by atoms with Crippen molar-refractivity contribution < 1.29 is 23.1 Å². The van der Waals surface area contributed by atoms with Crippen LogP contribution in [0.3, 0.4) is 0 Å². The van der Waals surface area contributed by atoms with E-state index >= 15 is 0 Å². The first-order valence-electron chi connectivity index (χ1n) is 5.09. The van der Waals surface area contributed by atoms with E-state index in [4.69, 9.17) is 0 Å². The summed E-state index contributed by atoms with van der Waals surface area (Å²) in [4.78, 5) is 11.2. The topological polar surface area (TPSA) is 37.3 Å². The first-order valence-corrected chi connectivity index (χ1v) is 5.09. The van der Waals surface area contributed by atoms with Crippen LogP contribution >= 0.6 is 0 Å². The lowest BCUT2D eigenvalue weighted by molar-refractivity contribution is -0.0885. The monoisotopic (exact) mass is 246 g/mol. The molecule has 17 heavy (non-hydrogen) atoms. The highest BCUT2D eigenvalue weighted by molar-refractivity contribution is 6.02. The van der Waals surface area contributed by atoms with Crippen molar-refractivity contribution in [2.45, 2.75) is 32.9 Å². The van der Waals surface area contributed by atoms with E-state index in [1.54, 1.807) is 13.8 Å². The van der Waals surface area contributed by atoms with E-state index in [0.29, 0.717) is 5.56 Å². The Balaban J connectivity index is 3.38. The second-order valence-corrected chi connectivity index (χ2v) is 4.19. The standard InChI is InChI=1S/C12H13F3O2/c1-6(2)8-4-9(7(3)10(16)5-8)11(17)12(13,14)15/h4-6,16H,1-3H3. The smallest absolute Gasteiger partial charge is 0.454 e. The van der Waals surface area contributed by atoms with Crippen molar-refractivity contribution >= 4 is 5.78 Å². The molecule has 0 unspecified atom stereocenters. The number of ketones is 1. The van der Waals surface area contributed by atoms with Gasteiger partial charge < -0.3 is 5.11 Å². The van der Waals surface area contributed by atoms with Crippen LogP contribution < -0.4 is 0 Å². The molecule has 0 atom stereocenters. The minimum atomic E-state index is -4.92. The molecule has 0 spiro atoms. The van der Waals surface area contributed by atoms with Crippen molar-refractivity contribution in [2.24, 2.45) is 0 Å². The van der Waals surface area contributed by atoms with Gasteiger partial charge in [0.05, 0.1) is 0 Å². The molecule has 1 aromatic rings. The zero-order valence-corrected chi connectivity index (χ0v) is 9.72. The molecule has 0 saturated heterocycles. The summed E-state index contributed by atoms with van der Waals surface area (Å²) in [5.74, 6) is -2.28. The average Bonchev–Trinajstić information content (AvgIpc) is 2.19. The van der Waals surface area contributed by atoms with Gasteiger partial charge in [-0.1, -0.05) is 13.8 Å². The van der Waals surface area contributed by atoms with Crippen molar-refractivity contribution in [3.8, 4) is 5.75 Å². The highest BCUT2D eigenvalue weighted by Crippen LogP contribution is 2.31. The van der Waals surface area contributed by atoms with Crippen LogP contribution in [0.25, 0.3) is 0 Å². The molecule has 94 valence electrons. The number of carbonyl (C=O) groups excluding carboxylic acids is 1. The maximum absolute atomic E-state index is 12.3. The fourth-order valence-electron chi connectivity index (χ4n) is 1.44. The summed E-state index contributed by atoms with van der Waals surface area (Å²) in [6.45, 7) is 4.83. The SMILES string of the molecule is Cc1c(O)cc(C(C)C)cc1C(=O)C(F)(F)F. The molecule has 1 rings (SSSR count). The van der Waals surface area contributed by atoms with Crippen LogP contribution in [0.1, 0.15) is 41.3 Å². The van der Waals surface area contributed by atoms with E-state index in [9.17, 15) is 23.1 Å². The number of hydrogen-bond donors (Lipinski definition) is 1. The van der Waals surface area contributed by atoms with Crippen LogP contribution in [0.2, 0.25) is 0 Å². The number of hydrogen-bond acceptors (Lipinski definition) is 2. The largest absolute Gasteiger partial charge is 0.508 e. The van der Waals surface area contributed by atoms with Gasteiger partial charge in [0, 0.05) is 11.1 Å². The number of phenolic OH excluding ortho intramolecular Hbond substituents is 1. The predicted molar refractivity (Wildman–Crippen MR) is 57.3 cm³/mol. The third-order valence-electron chi connectivity index (χ3n) is 2.57. The normalized spacial score (nSPS) is 11.9. The molecule has 2 nitrogen and oxygen atoms in total. The fourth-order valence-corrected chi connectivity index (χ4v) is 1.44.